The molecule has 6 heteroatoms. The lowest BCUT2D eigenvalue weighted by Crippen LogP contribution is -2.48. The number of hydrogen-bond donors (Lipinski definition) is 1. The quantitative estimate of drug-likeness (QED) is 0.873. The fourth-order valence-corrected chi connectivity index (χ4v) is 2.84. The highest BCUT2D eigenvalue weighted by Crippen LogP contribution is 2.37. The number of urea groups is 1. The monoisotopic (exact) mass is 304 g/mol. The van der Waals surface area contributed by atoms with E-state index in [1.807, 2.05) is 0 Å². The summed E-state index contributed by atoms with van der Waals surface area (Å²) in [6.07, 6.45) is 1.84. The first-order valence-corrected chi connectivity index (χ1v) is 7.17. The number of methoxy groups -OCH3 is 1. The molecule has 2 aliphatic rings. The molecule has 5 nitrogen and oxygen atoms in total. The number of allylic oxidation sites excluding steroid dienone is 1. The van der Waals surface area contributed by atoms with Crippen LogP contribution < -0.4 is 5.32 Å². The Kier molecular flexibility index (Phi) is 3.60. The number of rotatable bonds is 3. The Bertz CT molecular complexity index is 667. The van der Waals surface area contributed by atoms with Crippen molar-refractivity contribution in [2.75, 3.05) is 7.11 Å². The molecule has 1 N–H and O–H groups in total. The van der Waals surface area contributed by atoms with Gasteiger partial charge in [0.1, 0.15) is 5.82 Å². The van der Waals surface area contributed by atoms with Gasteiger partial charge in [-0.15, -0.1) is 0 Å². The van der Waals surface area contributed by atoms with Gasteiger partial charge in [0.2, 0.25) is 0 Å². The highest BCUT2D eigenvalue weighted by molar-refractivity contribution is 5.95. The number of esters is 1. The summed E-state index contributed by atoms with van der Waals surface area (Å²) in [5, 5.41) is 2.79. The standard InChI is InChI=1S/C16H17FN2O3/c1-9-13(15(20)22-2)14(10-4-3-5-11(17)8-10)18-16(21)19(9)12-6-7-12/h3-5,8,12,14H,6-7H2,1-2H3,(H,18,21)/t14-/m1/s1. The molecule has 0 unspecified atom stereocenters. The normalized spacial score (nSPS) is 21.7. The van der Waals surface area contributed by atoms with Crippen LogP contribution in [-0.2, 0) is 9.53 Å². The van der Waals surface area contributed by atoms with E-state index in [9.17, 15) is 14.0 Å². The lowest BCUT2D eigenvalue weighted by molar-refractivity contribution is -0.136. The molecular weight excluding hydrogens is 287 g/mol. The van der Waals surface area contributed by atoms with Gasteiger partial charge in [0, 0.05) is 11.7 Å². The zero-order chi connectivity index (χ0) is 15.9. The Morgan fingerprint density at radius 3 is 2.73 bits per heavy atom. The number of carbonyl (C=O) groups excluding carboxylic acids is 2. The minimum Gasteiger partial charge on any atom is -0.466 e. The average Bonchev–Trinajstić information content (AvgIpc) is 3.30. The van der Waals surface area contributed by atoms with E-state index in [4.69, 9.17) is 4.74 Å². The van der Waals surface area contributed by atoms with Gasteiger partial charge in [-0.3, -0.25) is 4.90 Å². The molecule has 22 heavy (non-hydrogen) atoms. The van der Waals surface area contributed by atoms with Crippen LogP contribution in [0.15, 0.2) is 35.5 Å². The maximum absolute atomic E-state index is 13.5. The molecule has 3 rings (SSSR count). The smallest absolute Gasteiger partial charge is 0.337 e. The number of hydrogen-bond acceptors (Lipinski definition) is 3. The van der Waals surface area contributed by atoms with Crippen LogP contribution in [0.4, 0.5) is 9.18 Å². The van der Waals surface area contributed by atoms with E-state index < -0.39 is 17.8 Å². The van der Waals surface area contributed by atoms with Gasteiger partial charge >= 0.3 is 12.0 Å². The number of carbonyl (C=O) groups is 2. The Labute approximate surface area is 127 Å². The van der Waals surface area contributed by atoms with Crippen LogP contribution in [0.25, 0.3) is 0 Å². The Balaban J connectivity index is 2.08. The number of halogens is 1. The molecule has 0 radical (unpaired) electrons. The molecule has 0 saturated heterocycles. The lowest BCUT2D eigenvalue weighted by Gasteiger charge is -2.35. The van der Waals surface area contributed by atoms with Crippen LogP contribution >= 0.6 is 0 Å². The third-order valence-electron chi connectivity index (χ3n) is 4.03. The first-order chi connectivity index (χ1) is 10.5. The van der Waals surface area contributed by atoms with Crippen molar-refractivity contribution in [3.05, 3.63) is 46.9 Å². The van der Waals surface area contributed by atoms with Crippen molar-refractivity contribution >= 4 is 12.0 Å². The molecule has 1 aromatic carbocycles. The maximum atomic E-state index is 13.5. The van der Waals surface area contributed by atoms with E-state index in [0.29, 0.717) is 16.8 Å². The van der Waals surface area contributed by atoms with E-state index in [-0.39, 0.29) is 12.1 Å². The first-order valence-electron chi connectivity index (χ1n) is 7.17. The predicted octanol–water partition coefficient (Wildman–Crippen LogP) is 2.50. The van der Waals surface area contributed by atoms with Gasteiger partial charge in [-0.25, -0.2) is 14.0 Å². The minimum absolute atomic E-state index is 0.133. The summed E-state index contributed by atoms with van der Waals surface area (Å²) >= 11 is 0. The van der Waals surface area contributed by atoms with Crippen LogP contribution in [0, 0.1) is 5.82 Å². The molecule has 116 valence electrons. The van der Waals surface area contributed by atoms with Crippen molar-refractivity contribution < 1.29 is 18.7 Å². The zero-order valence-corrected chi connectivity index (χ0v) is 12.4. The predicted molar refractivity (Wildman–Crippen MR) is 77.2 cm³/mol. The van der Waals surface area contributed by atoms with E-state index >= 15 is 0 Å². The summed E-state index contributed by atoms with van der Waals surface area (Å²) in [4.78, 5) is 26.1. The van der Waals surface area contributed by atoms with Crippen LogP contribution in [0.2, 0.25) is 0 Å². The number of ether oxygens (including phenoxy) is 1. The van der Waals surface area contributed by atoms with Crippen molar-refractivity contribution in [3.8, 4) is 0 Å². The molecule has 1 heterocycles. The van der Waals surface area contributed by atoms with Crippen LogP contribution in [0.1, 0.15) is 31.4 Å². The highest BCUT2D eigenvalue weighted by Gasteiger charge is 2.42. The molecule has 1 aliphatic heterocycles. The van der Waals surface area contributed by atoms with Gasteiger partial charge in [0.05, 0.1) is 18.7 Å². The third-order valence-corrected chi connectivity index (χ3v) is 4.03. The van der Waals surface area contributed by atoms with Crippen molar-refractivity contribution in [3.63, 3.8) is 0 Å². The second kappa shape index (κ2) is 5.44. The fourth-order valence-electron chi connectivity index (χ4n) is 2.84. The molecule has 0 spiro atoms. The van der Waals surface area contributed by atoms with E-state index in [0.717, 1.165) is 12.8 Å². The van der Waals surface area contributed by atoms with Crippen molar-refractivity contribution in [1.82, 2.24) is 10.2 Å². The second-order valence-electron chi connectivity index (χ2n) is 5.53. The average molecular weight is 304 g/mol. The molecule has 0 bridgehead atoms. The van der Waals surface area contributed by atoms with Gasteiger partial charge < -0.3 is 10.1 Å². The van der Waals surface area contributed by atoms with E-state index in [1.54, 1.807) is 24.0 Å². The highest BCUT2D eigenvalue weighted by atomic mass is 19.1. The van der Waals surface area contributed by atoms with Gasteiger partial charge in [0.15, 0.2) is 0 Å². The van der Waals surface area contributed by atoms with Crippen LogP contribution in [0.5, 0.6) is 0 Å². The number of nitrogens with zero attached hydrogens (tertiary/aromatic N) is 1. The first kappa shape index (κ1) is 14.6. The van der Waals surface area contributed by atoms with Gasteiger partial charge in [-0.1, -0.05) is 12.1 Å². The van der Waals surface area contributed by atoms with Crippen molar-refractivity contribution in [2.24, 2.45) is 0 Å². The molecule has 1 aromatic rings. The van der Waals surface area contributed by atoms with Crippen LogP contribution in [0.3, 0.4) is 0 Å². The number of amides is 2. The summed E-state index contributed by atoms with van der Waals surface area (Å²) in [6, 6.07) is 5.03. The summed E-state index contributed by atoms with van der Waals surface area (Å²) in [7, 11) is 1.29. The second-order valence-corrected chi connectivity index (χ2v) is 5.53. The van der Waals surface area contributed by atoms with Gasteiger partial charge in [-0.05, 0) is 37.5 Å². The Hall–Kier alpha value is -2.37. The fraction of sp³-hybridized carbons (Fsp3) is 0.375. The summed E-state index contributed by atoms with van der Waals surface area (Å²) < 4.78 is 18.3. The van der Waals surface area contributed by atoms with Crippen LogP contribution in [-0.4, -0.2) is 30.1 Å². The third kappa shape index (κ3) is 2.45. The summed E-state index contributed by atoms with van der Waals surface area (Å²) in [5.74, 6) is -0.935. The summed E-state index contributed by atoms with van der Waals surface area (Å²) in [5.41, 5.74) is 1.44. The molecule has 1 aliphatic carbocycles. The Morgan fingerprint density at radius 2 is 2.14 bits per heavy atom. The molecule has 1 fully saturated rings. The Morgan fingerprint density at radius 1 is 1.41 bits per heavy atom. The lowest BCUT2D eigenvalue weighted by atomic mass is 9.95. The molecule has 1 saturated carbocycles. The van der Waals surface area contributed by atoms with Gasteiger partial charge in [-0.2, -0.15) is 0 Å². The molecule has 1 atom stereocenters. The van der Waals surface area contributed by atoms with Crippen molar-refractivity contribution in [1.29, 1.82) is 0 Å². The number of nitrogens with one attached hydrogen (secondary N) is 1. The maximum Gasteiger partial charge on any atom is 0.337 e. The minimum atomic E-state index is -0.703. The SMILES string of the molecule is COC(=O)C1=C(C)N(C2CC2)C(=O)N[C@@H]1c1cccc(F)c1. The van der Waals surface area contributed by atoms with Gasteiger partial charge in [0.25, 0.3) is 0 Å². The van der Waals surface area contributed by atoms with E-state index in [2.05, 4.69) is 5.32 Å². The zero-order valence-electron chi connectivity index (χ0n) is 12.4. The number of benzene rings is 1. The topological polar surface area (TPSA) is 58.6 Å². The summed E-state index contributed by atoms with van der Waals surface area (Å²) in [6.45, 7) is 1.73. The molecule has 2 amide bonds. The molecule has 0 aromatic heterocycles. The van der Waals surface area contributed by atoms with Crippen molar-refractivity contribution in [2.45, 2.75) is 31.8 Å². The largest absolute Gasteiger partial charge is 0.466 e. The molecular formula is C16H17FN2O3. The van der Waals surface area contributed by atoms with E-state index in [1.165, 1.54) is 19.2 Å².